The summed E-state index contributed by atoms with van der Waals surface area (Å²) in [4.78, 5) is 11.3. The molecule has 0 heterocycles. The molecule has 1 rings (SSSR count). The van der Waals surface area contributed by atoms with Crippen LogP contribution in [0.1, 0.15) is 59.8 Å². The predicted octanol–water partition coefficient (Wildman–Crippen LogP) is 3.82. The lowest BCUT2D eigenvalue weighted by Crippen LogP contribution is -2.19. The van der Waals surface area contributed by atoms with Gasteiger partial charge in [-0.15, -0.1) is 0 Å². The third kappa shape index (κ3) is 4.44. The van der Waals surface area contributed by atoms with Crippen molar-refractivity contribution < 1.29 is 4.79 Å². The van der Waals surface area contributed by atoms with Crippen molar-refractivity contribution in [2.75, 3.05) is 0 Å². The molecule has 0 bridgehead atoms. The van der Waals surface area contributed by atoms with Crippen LogP contribution in [0.15, 0.2) is 0 Å². The Kier molecular flexibility index (Phi) is 6.93. The molecule has 13 heavy (non-hydrogen) atoms. The van der Waals surface area contributed by atoms with Crippen molar-refractivity contribution in [3.63, 3.8) is 0 Å². The maximum atomic E-state index is 11.3. The topological polar surface area (TPSA) is 17.1 Å². The fraction of sp³-hybridized carbons (Fsp3) is 0.917. The zero-order chi connectivity index (χ0) is 10.3. The van der Waals surface area contributed by atoms with Crippen LogP contribution in [0, 0.1) is 11.8 Å². The van der Waals surface area contributed by atoms with Gasteiger partial charge in [-0.25, -0.2) is 0 Å². The fourth-order valence-electron chi connectivity index (χ4n) is 1.87. The number of rotatable bonds is 2. The standard InChI is InChI=1S/C10H18O.C2H6/c1-3-10(11)9-6-4-8(2)5-7-9;1-2/h8-9H,3-7H2,1-2H3;1-2H3. The highest BCUT2D eigenvalue weighted by Gasteiger charge is 2.22. The molecule has 0 aromatic rings. The van der Waals surface area contributed by atoms with Gasteiger partial charge < -0.3 is 0 Å². The van der Waals surface area contributed by atoms with Crippen molar-refractivity contribution in [2.24, 2.45) is 11.8 Å². The Hall–Kier alpha value is -0.330. The van der Waals surface area contributed by atoms with E-state index in [1.807, 2.05) is 20.8 Å². The Labute approximate surface area is 82.9 Å². The predicted molar refractivity (Wildman–Crippen MR) is 57.8 cm³/mol. The summed E-state index contributed by atoms with van der Waals surface area (Å²) in [6, 6.07) is 0. The van der Waals surface area contributed by atoms with Crippen molar-refractivity contribution in [3.8, 4) is 0 Å². The summed E-state index contributed by atoms with van der Waals surface area (Å²) in [6.07, 6.45) is 5.55. The molecule has 1 aliphatic rings. The van der Waals surface area contributed by atoms with Crippen molar-refractivity contribution in [3.05, 3.63) is 0 Å². The molecule has 0 aromatic heterocycles. The molecule has 1 aliphatic carbocycles. The number of hydrogen-bond donors (Lipinski definition) is 0. The SMILES string of the molecule is CC.CCC(=O)C1CCC(C)CC1. The van der Waals surface area contributed by atoms with Crippen LogP contribution < -0.4 is 0 Å². The van der Waals surface area contributed by atoms with Gasteiger partial charge in [-0.1, -0.05) is 40.5 Å². The smallest absolute Gasteiger partial charge is 0.135 e. The third-order valence-corrected chi connectivity index (χ3v) is 2.82. The highest BCUT2D eigenvalue weighted by molar-refractivity contribution is 5.80. The van der Waals surface area contributed by atoms with Gasteiger partial charge in [0.05, 0.1) is 0 Å². The van der Waals surface area contributed by atoms with E-state index < -0.39 is 0 Å². The van der Waals surface area contributed by atoms with Crippen LogP contribution >= 0.6 is 0 Å². The van der Waals surface area contributed by atoms with E-state index in [0.717, 1.165) is 25.2 Å². The van der Waals surface area contributed by atoms with E-state index in [4.69, 9.17) is 0 Å². The summed E-state index contributed by atoms with van der Waals surface area (Å²) in [7, 11) is 0. The number of hydrogen-bond acceptors (Lipinski definition) is 1. The van der Waals surface area contributed by atoms with Gasteiger partial charge in [-0.05, 0) is 18.8 Å². The first-order valence-electron chi connectivity index (χ1n) is 5.76. The number of ketones is 1. The number of carbonyl (C=O) groups excluding carboxylic acids is 1. The molecule has 0 unspecified atom stereocenters. The molecule has 0 N–H and O–H groups in total. The summed E-state index contributed by atoms with van der Waals surface area (Å²) in [6.45, 7) is 8.26. The minimum absolute atomic E-state index is 0.413. The van der Waals surface area contributed by atoms with E-state index in [9.17, 15) is 4.79 Å². The summed E-state index contributed by atoms with van der Waals surface area (Å²) in [5.74, 6) is 1.75. The first-order chi connectivity index (χ1) is 6.24. The van der Waals surface area contributed by atoms with Gasteiger partial charge in [0.25, 0.3) is 0 Å². The second kappa shape index (κ2) is 7.11. The van der Waals surface area contributed by atoms with Gasteiger partial charge in [-0.3, -0.25) is 4.79 Å². The Balaban J connectivity index is 0.000000671. The monoisotopic (exact) mass is 184 g/mol. The summed E-state index contributed by atoms with van der Waals surface area (Å²) in [5, 5.41) is 0. The molecule has 0 aromatic carbocycles. The third-order valence-electron chi connectivity index (χ3n) is 2.82. The molecule has 1 fully saturated rings. The van der Waals surface area contributed by atoms with Gasteiger partial charge in [0.2, 0.25) is 0 Å². The second-order valence-corrected chi connectivity index (χ2v) is 3.78. The van der Waals surface area contributed by atoms with Crippen LogP contribution in [0.2, 0.25) is 0 Å². The van der Waals surface area contributed by atoms with Crippen LogP contribution in [0.4, 0.5) is 0 Å². The minimum Gasteiger partial charge on any atom is -0.299 e. The van der Waals surface area contributed by atoms with Crippen LogP contribution in [0.3, 0.4) is 0 Å². The molecular weight excluding hydrogens is 160 g/mol. The molecule has 0 spiro atoms. The van der Waals surface area contributed by atoms with Crippen LogP contribution in [0.5, 0.6) is 0 Å². The van der Waals surface area contributed by atoms with Crippen LogP contribution in [0.25, 0.3) is 0 Å². The lowest BCUT2D eigenvalue weighted by molar-refractivity contribution is -0.123. The quantitative estimate of drug-likeness (QED) is 0.637. The lowest BCUT2D eigenvalue weighted by Gasteiger charge is -2.24. The van der Waals surface area contributed by atoms with Gasteiger partial charge in [0.1, 0.15) is 5.78 Å². The Morgan fingerprint density at radius 2 is 1.62 bits per heavy atom. The second-order valence-electron chi connectivity index (χ2n) is 3.78. The fourth-order valence-corrected chi connectivity index (χ4v) is 1.87. The molecule has 1 saturated carbocycles. The molecule has 0 atom stereocenters. The molecule has 1 heteroatoms. The first kappa shape index (κ1) is 12.7. The summed E-state index contributed by atoms with van der Waals surface area (Å²) >= 11 is 0. The molecule has 0 amide bonds. The number of carbonyl (C=O) groups is 1. The Morgan fingerprint density at radius 3 is 2.00 bits per heavy atom. The van der Waals surface area contributed by atoms with Crippen molar-refractivity contribution in [2.45, 2.75) is 59.8 Å². The first-order valence-corrected chi connectivity index (χ1v) is 5.76. The molecular formula is C12H24O. The Morgan fingerprint density at radius 1 is 1.15 bits per heavy atom. The van der Waals surface area contributed by atoms with Crippen LogP contribution in [-0.4, -0.2) is 5.78 Å². The van der Waals surface area contributed by atoms with Crippen molar-refractivity contribution >= 4 is 5.78 Å². The number of Topliss-reactive ketones (excluding diaryl/α,β-unsaturated/α-hetero) is 1. The van der Waals surface area contributed by atoms with E-state index in [2.05, 4.69) is 6.92 Å². The average Bonchev–Trinajstić information content (AvgIpc) is 2.21. The Bertz CT molecular complexity index is 132. The highest BCUT2D eigenvalue weighted by Crippen LogP contribution is 2.29. The maximum absolute atomic E-state index is 11.3. The lowest BCUT2D eigenvalue weighted by atomic mass is 9.80. The van der Waals surface area contributed by atoms with E-state index in [1.54, 1.807) is 0 Å². The summed E-state index contributed by atoms with van der Waals surface area (Å²) < 4.78 is 0. The van der Waals surface area contributed by atoms with E-state index in [-0.39, 0.29) is 0 Å². The van der Waals surface area contributed by atoms with E-state index in [1.165, 1.54) is 12.8 Å². The van der Waals surface area contributed by atoms with Gasteiger partial charge >= 0.3 is 0 Å². The molecule has 0 saturated heterocycles. The van der Waals surface area contributed by atoms with Gasteiger partial charge in [0.15, 0.2) is 0 Å². The zero-order valence-electron chi connectivity index (χ0n) is 9.60. The van der Waals surface area contributed by atoms with Crippen molar-refractivity contribution in [1.29, 1.82) is 0 Å². The average molecular weight is 184 g/mol. The van der Waals surface area contributed by atoms with Gasteiger partial charge in [0, 0.05) is 12.3 Å². The molecule has 0 aliphatic heterocycles. The summed E-state index contributed by atoms with van der Waals surface area (Å²) in [5.41, 5.74) is 0. The molecule has 0 radical (unpaired) electrons. The normalized spacial score (nSPS) is 27.4. The highest BCUT2D eigenvalue weighted by atomic mass is 16.1. The van der Waals surface area contributed by atoms with E-state index in [0.29, 0.717) is 11.7 Å². The van der Waals surface area contributed by atoms with Crippen molar-refractivity contribution in [1.82, 2.24) is 0 Å². The van der Waals surface area contributed by atoms with Gasteiger partial charge in [-0.2, -0.15) is 0 Å². The van der Waals surface area contributed by atoms with E-state index >= 15 is 0 Å². The molecule has 78 valence electrons. The molecule has 1 nitrogen and oxygen atoms in total. The zero-order valence-corrected chi connectivity index (χ0v) is 9.60. The van der Waals surface area contributed by atoms with Crippen LogP contribution in [-0.2, 0) is 4.79 Å². The minimum atomic E-state index is 0.413. The maximum Gasteiger partial charge on any atom is 0.135 e. The largest absolute Gasteiger partial charge is 0.299 e.